The standard InChI is InChI=1S/C20H22N4O4/c1-4-28-12-14-8-6-5-7-13(14)10-22-18(25)15-9-16-17(21-11-15)23(2)20(27)24(3)19(16)26/h5-9,11H,4,10,12H2,1-3H3,(H,22,25). The number of amides is 1. The summed E-state index contributed by atoms with van der Waals surface area (Å²) >= 11 is 0. The molecule has 2 heterocycles. The molecule has 3 rings (SSSR count). The number of nitrogens with zero attached hydrogens (tertiary/aromatic N) is 3. The number of carbonyl (C=O) groups is 1. The van der Waals surface area contributed by atoms with E-state index in [2.05, 4.69) is 10.3 Å². The first kappa shape index (κ1) is 19.5. The van der Waals surface area contributed by atoms with Crippen molar-refractivity contribution >= 4 is 16.9 Å². The maximum Gasteiger partial charge on any atom is 0.332 e. The average molecular weight is 382 g/mol. The van der Waals surface area contributed by atoms with Gasteiger partial charge in [0.1, 0.15) is 5.65 Å². The number of hydrogen-bond acceptors (Lipinski definition) is 5. The second-order valence-corrected chi connectivity index (χ2v) is 6.39. The number of benzene rings is 1. The minimum absolute atomic E-state index is 0.217. The first-order valence-electron chi connectivity index (χ1n) is 8.92. The molecule has 0 saturated carbocycles. The highest BCUT2D eigenvalue weighted by Gasteiger charge is 2.14. The van der Waals surface area contributed by atoms with Crippen molar-refractivity contribution in [2.45, 2.75) is 20.1 Å². The topological polar surface area (TPSA) is 95.2 Å². The molecule has 2 aromatic heterocycles. The quantitative estimate of drug-likeness (QED) is 0.689. The van der Waals surface area contributed by atoms with E-state index >= 15 is 0 Å². The van der Waals surface area contributed by atoms with Gasteiger partial charge in [0.05, 0.1) is 17.6 Å². The lowest BCUT2D eigenvalue weighted by atomic mass is 10.1. The van der Waals surface area contributed by atoms with Crippen LogP contribution in [-0.2, 0) is 32.0 Å². The van der Waals surface area contributed by atoms with Gasteiger partial charge in [-0.1, -0.05) is 24.3 Å². The van der Waals surface area contributed by atoms with E-state index in [4.69, 9.17) is 4.74 Å². The zero-order valence-electron chi connectivity index (χ0n) is 16.1. The molecule has 0 saturated heterocycles. The first-order chi connectivity index (χ1) is 13.4. The fourth-order valence-electron chi connectivity index (χ4n) is 2.95. The van der Waals surface area contributed by atoms with E-state index in [-0.39, 0.29) is 22.5 Å². The Kier molecular flexibility index (Phi) is 5.70. The van der Waals surface area contributed by atoms with E-state index in [0.29, 0.717) is 19.8 Å². The number of carbonyl (C=O) groups excluding carboxylic acids is 1. The van der Waals surface area contributed by atoms with Gasteiger partial charge >= 0.3 is 5.69 Å². The summed E-state index contributed by atoms with van der Waals surface area (Å²) in [6.45, 7) is 3.34. The lowest BCUT2D eigenvalue weighted by Gasteiger charge is -2.11. The summed E-state index contributed by atoms with van der Waals surface area (Å²) in [5.74, 6) is -0.350. The Bertz CT molecular complexity index is 1150. The maximum absolute atomic E-state index is 12.6. The maximum atomic E-state index is 12.6. The normalized spacial score (nSPS) is 11.0. The molecule has 0 spiro atoms. The molecule has 146 valence electrons. The van der Waals surface area contributed by atoms with Gasteiger partial charge in [0.25, 0.3) is 11.5 Å². The molecule has 0 aliphatic rings. The summed E-state index contributed by atoms with van der Waals surface area (Å²) in [7, 11) is 2.93. The molecule has 0 aliphatic heterocycles. The minimum Gasteiger partial charge on any atom is -0.377 e. The summed E-state index contributed by atoms with van der Waals surface area (Å²) in [4.78, 5) is 41.1. The molecule has 0 unspecified atom stereocenters. The summed E-state index contributed by atoms with van der Waals surface area (Å²) in [6.07, 6.45) is 1.36. The van der Waals surface area contributed by atoms with Crippen molar-refractivity contribution in [3.8, 4) is 0 Å². The molecule has 1 aromatic carbocycles. The fraction of sp³-hybridized carbons (Fsp3) is 0.300. The molecule has 3 aromatic rings. The predicted octanol–water partition coefficient (Wildman–Crippen LogP) is 1.10. The number of hydrogen-bond donors (Lipinski definition) is 1. The summed E-state index contributed by atoms with van der Waals surface area (Å²) in [5.41, 5.74) is 1.51. The van der Waals surface area contributed by atoms with Crippen LogP contribution in [0.5, 0.6) is 0 Å². The number of aryl methyl sites for hydroxylation is 1. The third-order valence-electron chi connectivity index (χ3n) is 4.57. The van der Waals surface area contributed by atoms with Crippen molar-refractivity contribution in [2.24, 2.45) is 14.1 Å². The fourth-order valence-corrected chi connectivity index (χ4v) is 2.95. The van der Waals surface area contributed by atoms with E-state index in [1.54, 1.807) is 0 Å². The van der Waals surface area contributed by atoms with Crippen LogP contribution in [0.15, 0.2) is 46.1 Å². The number of aromatic nitrogens is 3. The largest absolute Gasteiger partial charge is 0.377 e. The molecular formula is C20H22N4O4. The second-order valence-electron chi connectivity index (χ2n) is 6.39. The highest BCUT2D eigenvalue weighted by atomic mass is 16.5. The Morgan fingerprint density at radius 3 is 2.57 bits per heavy atom. The number of fused-ring (bicyclic) bond motifs is 1. The van der Waals surface area contributed by atoms with Gasteiger partial charge in [0.15, 0.2) is 0 Å². The molecule has 1 amide bonds. The molecule has 8 nitrogen and oxygen atoms in total. The van der Waals surface area contributed by atoms with Crippen LogP contribution >= 0.6 is 0 Å². The Labute approximate surface area is 161 Å². The van der Waals surface area contributed by atoms with Crippen molar-refractivity contribution in [3.63, 3.8) is 0 Å². The summed E-state index contributed by atoms with van der Waals surface area (Å²) in [6, 6.07) is 9.18. The van der Waals surface area contributed by atoms with Gasteiger partial charge in [-0.15, -0.1) is 0 Å². The monoisotopic (exact) mass is 382 g/mol. The SMILES string of the molecule is CCOCc1ccccc1CNC(=O)c1cnc2c(c1)c(=O)n(C)c(=O)n2C. The van der Waals surface area contributed by atoms with Gasteiger partial charge in [-0.25, -0.2) is 9.78 Å². The van der Waals surface area contributed by atoms with Crippen molar-refractivity contribution < 1.29 is 9.53 Å². The van der Waals surface area contributed by atoms with Gasteiger partial charge in [-0.3, -0.25) is 18.7 Å². The first-order valence-corrected chi connectivity index (χ1v) is 8.92. The molecular weight excluding hydrogens is 360 g/mol. The molecule has 0 radical (unpaired) electrons. The highest BCUT2D eigenvalue weighted by molar-refractivity contribution is 5.96. The van der Waals surface area contributed by atoms with Gasteiger partial charge in [-0.2, -0.15) is 0 Å². The van der Waals surface area contributed by atoms with Gasteiger partial charge in [-0.05, 0) is 24.1 Å². The van der Waals surface area contributed by atoms with Crippen LogP contribution in [0.4, 0.5) is 0 Å². The number of ether oxygens (including phenoxy) is 1. The van der Waals surface area contributed by atoms with E-state index < -0.39 is 11.2 Å². The Hall–Kier alpha value is -3.26. The zero-order chi connectivity index (χ0) is 20.3. The van der Waals surface area contributed by atoms with Gasteiger partial charge in [0, 0.05) is 33.4 Å². The molecule has 1 N–H and O–H groups in total. The number of nitrogens with one attached hydrogen (secondary N) is 1. The number of rotatable bonds is 6. The Morgan fingerprint density at radius 1 is 1.14 bits per heavy atom. The summed E-state index contributed by atoms with van der Waals surface area (Å²) in [5, 5.41) is 3.06. The third-order valence-corrected chi connectivity index (χ3v) is 4.57. The van der Waals surface area contributed by atoms with Crippen molar-refractivity contribution in [3.05, 3.63) is 74.1 Å². The number of pyridine rings is 1. The second kappa shape index (κ2) is 8.18. The van der Waals surface area contributed by atoms with Crippen LogP contribution in [0.1, 0.15) is 28.4 Å². The van der Waals surface area contributed by atoms with E-state index in [1.807, 2.05) is 31.2 Å². The van der Waals surface area contributed by atoms with Crippen molar-refractivity contribution in [2.75, 3.05) is 6.61 Å². The van der Waals surface area contributed by atoms with Crippen LogP contribution in [0.3, 0.4) is 0 Å². The van der Waals surface area contributed by atoms with E-state index in [1.165, 1.54) is 30.9 Å². The molecule has 0 bridgehead atoms. The lowest BCUT2D eigenvalue weighted by molar-refractivity contribution is 0.0949. The molecule has 8 heteroatoms. The molecule has 0 fully saturated rings. The molecule has 28 heavy (non-hydrogen) atoms. The third kappa shape index (κ3) is 3.72. The Balaban J connectivity index is 1.85. The van der Waals surface area contributed by atoms with E-state index in [9.17, 15) is 14.4 Å². The van der Waals surface area contributed by atoms with Crippen molar-refractivity contribution in [1.82, 2.24) is 19.4 Å². The molecule has 0 aliphatic carbocycles. The Morgan fingerprint density at radius 2 is 1.86 bits per heavy atom. The summed E-state index contributed by atoms with van der Waals surface area (Å²) < 4.78 is 7.73. The molecule has 0 atom stereocenters. The van der Waals surface area contributed by atoms with Crippen LogP contribution in [0.2, 0.25) is 0 Å². The van der Waals surface area contributed by atoms with Crippen LogP contribution < -0.4 is 16.6 Å². The van der Waals surface area contributed by atoms with Crippen LogP contribution in [0.25, 0.3) is 11.0 Å². The smallest absolute Gasteiger partial charge is 0.332 e. The van der Waals surface area contributed by atoms with Crippen molar-refractivity contribution in [1.29, 1.82) is 0 Å². The van der Waals surface area contributed by atoms with Gasteiger partial charge in [0.2, 0.25) is 0 Å². The van der Waals surface area contributed by atoms with Crippen LogP contribution in [-0.4, -0.2) is 26.6 Å². The van der Waals surface area contributed by atoms with Gasteiger partial charge < -0.3 is 10.1 Å². The highest BCUT2D eigenvalue weighted by Crippen LogP contribution is 2.11. The zero-order valence-corrected chi connectivity index (χ0v) is 16.1. The minimum atomic E-state index is -0.484. The van der Waals surface area contributed by atoms with E-state index in [0.717, 1.165) is 15.7 Å². The average Bonchev–Trinajstić information content (AvgIpc) is 2.73. The lowest BCUT2D eigenvalue weighted by Crippen LogP contribution is -2.37. The predicted molar refractivity (Wildman–Crippen MR) is 105 cm³/mol. The van der Waals surface area contributed by atoms with Crippen LogP contribution in [0, 0.1) is 0 Å².